The van der Waals surface area contributed by atoms with Gasteiger partial charge in [0.2, 0.25) is 0 Å². The van der Waals surface area contributed by atoms with E-state index in [-0.39, 0.29) is 23.7 Å². The molecule has 0 bridgehead atoms. The minimum Gasteiger partial charge on any atom is -0.366 e. The van der Waals surface area contributed by atoms with Crippen molar-refractivity contribution in [3.63, 3.8) is 0 Å². The first-order valence-electron chi connectivity index (χ1n) is 13.4. The fraction of sp³-hybridized carbons (Fsp3) is 0.212. The number of hydrogen-bond acceptors (Lipinski definition) is 5. The molecule has 0 radical (unpaired) electrons. The Hall–Kier alpha value is -4.03. The Balaban J connectivity index is 1.22. The Morgan fingerprint density at radius 3 is 2.54 bits per heavy atom. The van der Waals surface area contributed by atoms with Crippen molar-refractivity contribution in [3.8, 4) is 11.1 Å². The van der Waals surface area contributed by atoms with E-state index in [2.05, 4.69) is 40.9 Å². The molecule has 6 heteroatoms. The Labute approximate surface area is 233 Å². The Morgan fingerprint density at radius 2 is 1.72 bits per heavy atom. The van der Waals surface area contributed by atoms with Crippen LogP contribution in [-0.2, 0) is 0 Å². The lowest BCUT2D eigenvalue weighted by molar-refractivity contribution is 0.0848. The van der Waals surface area contributed by atoms with Gasteiger partial charge in [-0.15, -0.1) is 0 Å². The van der Waals surface area contributed by atoms with E-state index in [0.29, 0.717) is 16.8 Å². The topological polar surface area (TPSA) is 61.4 Å². The highest BCUT2D eigenvalue weighted by atomic mass is 32.2. The largest absolute Gasteiger partial charge is 0.366 e. The monoisotopic (exact) mass is 533 g/mol. The van der Waals surface area contributed by atoms with Gasteiger partial charge in [0.05, 0.1) is 12.0 Å². The number of anilines is 1. The second-order valence-corrected chi connectivity index (χ2v) is 11.2. The van der Waals surface area contributed by atoms with Gasteiger partial charge in [-0.3, -0.25) is 9.59 Å². The number of hydrogen-bond donors (Lipinski definition) is 2. The summed E-state index contributed by atoms with van der Waals surface area (Å²) in [7, 11) is 0. The van der Waals surface area contributed by atoms with Gasteiger partial charge < -0.3 is 15.5 Å². The molecule has 1 fully saturated rings. The first-order valence-corrected chi connectivity index (χ1v) is 14.5. The molecule has 3 aromatic rings. The molecule has 2 heterocycles. The summed E-state index contributed by atoms with van der Waals surface area (Å²) in [4.78, 5) is 29.5. The lowest BCUT2D eigenvalue weighted by Gasteiger charge is -2.43. The molecule has 1 aliphatic carbocycles. The minimum absolute atomic E-state index is 0.0264. The molecule has 2 atom stereocenters. The third kappa shape index (κ3) is 5.04. The van der Waals surface area contributed by atoms with E-state index in [9.17, 15) is 9.59 Å². The van der Waals surface area contributed by atoms with Gasteiger partial charge in [-0.1, -0.05) is 54.6 Å². The van der Waals surface area contributed by atoms with Crippen molar-refractivity contribution in [1.29, 1.82) is 0 Å². The van der Waals surface area contributed by atoms with E-state index in [1.165, 1.54) is 16.8 Å². The van der Waals surface area contributed by atoms with Gasteiger partial charge >= 0.3 is 0 Å². The van der Waals surface area contributed by atoms with E-state index in [0.717, 1.165) is 35.6 Å². The Morgan fingerprint density at radius 1 is 0.949 bits per heavy atom. The molecule has 2 unspecified atom stereocenters. The number of carbonyl (C=O) groups is 2. The summed E-state index contributed by atoms with van der Waals surface area (Å²) in [5.41, 5.74) is 7.50. The predicted molar refractivity (Wildman–Crippen MR) is 160 cm³/mol. The first-order chi connectivity index (χ1) is 19.1. The van der Waals surface area contributed by atoms with Gasteiger partial charge in [0.1, 0.15) is 0 Å². The molecule has 39 heavy (non-hydrogen) atoms. The number of benzene rings is 3. The number of carbonyl (C=O) groups excluding carboxylic acids is 2. The number of nitrogens with one attached hydrogen (secondary N) is 2. The highest BCUT2D eigenvalue weighted by molar-refractivity contribution is 7.99. The lowest BCUT2D eigenvalue weighted by Crippen LogP contribution is -2.48. The summed E-state index contributed by atoms with van der Waals surface area (Å²) in [6, 6.07) is 24.9. The highest BCUT2D eigenvalue weighted by Crippen LogP contribution is 2.39. The van der Waals surface area contributed by atoms with Gasteiger partial charge in [0.25, 0.3) is 5.91 Å². The summed E-state index contributed by atoms with van der Waals surface area (Å²) < 4.78 is 0. The minimum atomic E-state index is -0.176. The predicted octanol–water partition coefficient (Wildman–Crippen LogP) is 6.50. The number of amides is 1. The maximum atomic E-state index is 13.9. The van der Waals surface area contributed by atoms with Crippen LogP contribution in [-0.4, -0.2) is 40.7 Å². The number of rotatable bonds is 5. The zero-order valence-electron chi connectivity index (χ0n) is 21.9. The number of Topliss-reactive ketones (excluding diaryl/α,β-unsaturated/α-hetero) is 1. The molecule has 5 nitrogen and oxygen atoms in total. The van der Waals surface area contributed by atoms with Crippen molar-refractivity contribution in [2.45, 2.75) is 19.4 Å². The van der Waals surface area contributed by atoms with Crippen molar-refractivity contribution in [1.82, 2.24) is 10.2 Å². The second-order valence-electron chi connectivity index (χ2n) is 10.1. The first kappa shape index (κ1) is 25.3. The van der Waals surface area contributed by atoms with Crippen LogP contribution in [0.1, 0.15) is 34.1 Å². The summed E-state index contributed by atoms with van der Waals surface area (Å²) >= 11 is 1.93. The zero-order valence-corrected chi connectivity index (χ0v) is 22.7. The molecular formula is C33H31N3O2S. The molecule has 0 aromatic heterocycles. The normalized spacial score (nSPS) is 20.2. The molecule has 2 N–H and O–H groups in total. The maximum absolute atomic E-state index is 13.9. The van der Waals surface area contributed by atoms with Crippen LogP contribution in [0.15, 0.2) is 114 Å². The molecule has 2 aliphatic heterocycles. The van der Waals surface area contributed by atoms with Crippen molar-refractivity contribution in [2.24, 2.45) is 5.92 Å². The third-order valence-electron chi connectivity index (χ3n) is 7.77. The summed E-state index contributed by atoms with van der Waals surface area (Å²) in [6.45, 7) is 3.07. The average Bonchev–Trinajstić information content (AvgIpc) is 3.18. The van der Waals surface area contributed by atoms with E-state index in [1.54, 1.807) is 0 Å². The number of ketones is 1. The van der Waals surface area contributed by atoms with Crippen LogP contribution in [0.4, 0.5) is 5.69 Å². The number of allylic oxidation sites excluding steroid dienone is 1. The van der Waals surface area contributed by atoms with Crippen molar-refractivity contribution in [2.75, 3.05) is 23.4 Å². The van der Waals surface area contributed by atoms with Gasteiger partial charge in [0.15, 0.2) is 5.78 Å². The quantitative estimate of drug-likeness (QED) is 0.367. The van der Waals surface area contributed by atoms with E-state index < -0.39 is 0 Å². The van der Waals surface area contributed by atoms with Crippen LogP contribution >= 0.6 is 11.8 Å². The van der Waals surface area contributed by atoms with E-state index in [1.807, 2.05) is 90.6 Å². The lowest BCUT2D eigenvalue weighted by atomic mass is 9.77. The van der Waals surface area contributed by atoms with Crippen molar-refractivity contribution < 1.29 is 9.59 Å². The molecule has 196 valence electrons. The van der Waals surface area contributed by atoms with Crippen LogP contribution in [0.25, 0.3) is 11.1 Å². The van der Waals surface area contributed by atoms with Crippen LogP contribution in [0.2, 0.25) is 0 Å². The van der Waals surface area contributed by atoms with Gasteiger partial charge in [-0.05, 0) is 65.9 Å². The number of fused-ring (bicyclic) bond motifs is 3. The summed E-state index contributed by atoms with van der Waals surface area (Å²) in [5.74, 6) is 1.82. The van der Waals surface area contributed by atoms with E-state index >= 15 is 0 Å². The average molecular weight is 534 g/mol. The number of thioether (sulfide) groups is 1. The molecule has 6 rings (SSSR count). The number of nitrogens with zero attached hydrogens (tertiary/aromatic N) is 1. The summed E-state index contributed by atoms with van der Waals surface area (Å²) in [6.07, 6.45) is 7.06. The van der Waals surface area contributed by atoms with Gasteiger partial charge in [-0.25, -0.2) is 0 Å². The van der Waals surface area contributed by atoms with E-state index in [4.69, 9.17) is 0 Å². The summed E-state index contributed by atoms with van der Waals surface area (Å²) in [5, 5.41) is 6.37. The molecule has 1 saturated heterocycles. The van der Waals surface area contributed by atoms with Gasteiger partial charge in [0, 0.05) is 53.0 Å². The van der Waals surface area contributed by atoms with Crippen LogP contribution in [0, 0.1) is 5.92 Å². The second kappa shape index (κ2) is 11.0. The molecular weight excluding hydrogens is 502 g/mol. The standard InChI is InChI=1S/C33H31N3O2S/c1-22-11-16-29(31-30(22)20-34-19-26-21-39-18-17-36(26)31)32(37)24-12-14-25(15-13-24)35-33(38)28-10-6-5-9-27(28)23-7-3-2-4-8-23/h2-15,19-20,29,31,34H,16-18,21H2,1H3,(H,35,38). The molecule has 3 aromatic carbocycles. The molecule has 0 spiro atoms. The zero-order chi connectivity index (χ0) is 26.8. The van der Waals surface area contributed by atoms with Crippen LogP contribution in [0.5, 0.6) is 0 Å². The Kier molecular flexibility index (Phi) is 7.12. The highest BCUT2D eigenvalue weighted by Gasteiger charge is 2.40. The fourth-order valence-electron chi connectivity index (χ4n) is 5.75. The molecule has 3 aliphatic rings. The van der Waals surface area contributed by atoms with Crippen LogP contribution in [0.3, 0.4) is 0 Å². The van der Waals surface area contributed by atoms with Crippen LogP contribution < -0.4 is 10.6 Å². The molecule has 0 saturated carbocycles. The van der Waals surface area contributed by atoms with Crippen molar-refractivity contribution >= 4 is 29.1 Å². The molecule has 1 amide bonds. The SMILES string of the molecule is CC1=CCC(C(=O)c2ccc(NC(=O)c3ccccc3-c3ccccc3)cc2)C2C1=CNC=C1CSCCN12. The maximum Gasteiger partial charge on any atom is 0.256 e. The smallest absolute Gasteiger partial charge is 0.256 e. The fourth-order valence-corrected chi connectivity index (χ4v) is 6.68. The third-order valence-corrected chi connectivity index (χ3v) is 8.74. The Bertz CT molecular complexity index is 1490. The van der Waals surface area contributed by atoms with Crippen molar-refractivity contribution in [3.05, 3.63) is 125 Å². The van der Waals surface area contributed by atoms with Gasteiger partial charge in [-0.2, -0.15) is 11.8 Å².